The van der Waals surface area contributed by atoms with Crippen LogP contribution in [0.2, 0.25) is 0 Å². The van der Waals surface area contributed by atoms with Gasteiger partial charge in [0.05, 0.1) is 13.2 Å². The lowest BCUT2D eigenvalue weighted by Crippen LogP contribution is -2.52. The molecule has 1 saturated heterocycles. The summed E-state index contributed by atoms with van der Waals surface area (Å²) >= 11 is 0. The summed E-state index contributed by atoms with van der Waals surface area (Å²) in [5.41, 5.74) is 3.01. The van der Waals surface area contributed by atoms with Crippen molar-refractivity contribution in [2.24, 2.45) is 5.92 Å². The van der Waals surface area contributed by atoms with Gasteiger partial charge in [-0.1, -0.05) is 31.4 Å². The third-order valence-corrected chi connectivity index (χ3v) is 4.83. The minimum absolute atomic E-state index is 0.313. The van der Waals surface area contributed by atoms with E-state index in [1.54, 1.807) is 0 Å². The van der Waals surface area contributed by atoms with Crippen molar-refractivity contribution in [3.63, 3.8) is 0 Å². The van der Waals surface area contributed by atoms with Crippen LogP contribution in [0.4, 0.5) is 5.69 Å². The Morgan fingerprint density at radius 1 is 1.17 bits per heavy atom. The minimum atomic E-state index is 0.313. The van der Waals surface area contributed by atoms with Gasteiger partial charge in [0.2, 0.25) is 0 Å². The molecule has 0 amide bonds. The summed E-state index contributed by atoms with van der Waals surface area (Å²) in [6.45, 7) is 1.84. The predicted molar refractivity (Wildman–Crippen MR) is 75.1 cm³/mol. The van der Waals surface area contributed by atoms with Gasteiger partial charge in [-0.15, -0.1) is 0 Å². The molecule has 0 unspecified atom stereocenters. The van der Waals surface area contributed by atoms with Crippen molar-refractivity contribution in [1.29, 1.82) is 0 Å². The smallest absolute Gasteiger partial charge is 0.0588 e. The quantitative estimate of drug-likeness (QED) is 0.879. The Morgan fingerprint density at radius 3 is 2.56 bits per heavy atom. The molecule has 18 heavy (non-hydrogen) atoms. The summed E-state index contributed by atoms with van der Waals surface area (Å²) in [5, 5.41) is 3.25. The van der Waals surface area contributed by atoms with Gasteiger partial charge in [-0.3, -0.25) is 0 Å². The zero-order valence-electron chi connectivity index (χ0n) is 11.2. The van der Waals surface area contributed by atoms with Crippen molar-refractivity contribution >= 4 is 5.69 Å². The van der Waals surface area contributed by atoms with E-state index in [1.807, 2.05) is 7.05 Å². The van der Waals surface area contributed by atoms with Crippen LogP contribution < -0.4 is 5.32 Å². The van der Waals surface area contributed by atoms with Crippen molar-refractivity contribution < 1.29 is 4.74 Å². The maximum absolute atomic E-state index is 5.60. The molecule has 1 N–H and O–H groups in total. The highest BCUT2D eigenvalue weighted by Gasteiger charge is 2.46. The number of hydrogen-bond donors (Lipinski definition) is 1. The first-order valence-electron chi connectivity index (χ1n) is 7.21. The fourth-order valence-corrected chi connectivity index (χ4v) is 3.60. The predicted octanol–water partition coefficient (Wildman–Crippen LogP) is 3.58. The molecule has 1 aliphatic heterocycles. The molecule has 2 fully saturated rings. The van der Waals surface area contributed by atoms with E-state index in [2.05, 4.69) is 29.6 Å². The van der Waals surface area contributed by atoms with Crippen LogP contribution in [0.1, 0.15) is 37.7 Å². The van der Waals surface area contributed by atoms with Gasteiger partial charge in [0, 0.05) is 18.2 Å². The Kier molecular flexibility index (Phi) is 3.29. The lowest BCUT2D eigenvalue weighted by Gasteiger charge is -2.49. The largest absolute Gasteiger partial charge is 0.388 e. The van der Waals surface area contributed by atoms with Crippen LogP contribution in [-0.4, -0.2) is 20.3 Å². The topological polar surface area (TPSA) is 21.3 Å². The van der Waals surface area contributed by atoms with Crippen molar-refractivity contribution in [3.05, 3.63) is 29.8 Å². The van der Waals surface area contributed by atoms with Gasteiger partial charge in [-0.05, 0) is 36.5 Å². The molecule has 0 atom stereocenters. The number of anilines is 1. The molecule has 2 aliphatic rings. The van der Waals surface area contributed by atoms with Crippen LogP contribution in [0.5, 0.6) is 0 Å². The van der Waals surface area contributed by atoms with Gasteiger partial charge in [0.15, 0.2) is 0 Å². The molecule has 0 radical (unpaired) electrons. The first kappa shape index (κ1) is 12.0. The molecule has 98 valence electrons. The van der Waals surface area contributed by atoms with Crippen molar-refractivity contribution in [3.8, 4) is 0 Å². The van der Waals surface area contributed by atoms with E-state index in [1.165, 1.54) is 43.4 Å². The van der Waals surface area contributed by atoms with Crippen molar-refractivity contribution in [1.82, 2.24) is 0 Å². The number of rotatable bonds is 3. The average Bonchev–Trinajstić information content (AvgIpc) is 2.39. The molecule has 2 heteroatoms. The fourth-order valence-electron chi connectivity index (χ4n) is 3.60. The van der Waals surface area contributed by atoms with Crippen LogP contribution in [0, 0.1) is 5.92 Å². The summed E-state index contributed by atoms with van der Waals surface area (Å²) in [7, 11) is 1.99. The zero-order valence-corrected chi connectivity index (χ0v) is 11.2. The number of nitrogens with one attached hydrogen (secondary N) is 1. The van der Waals surface area contributed by atoms with Gasteiger partial charge in [-0.25, -0.2) is 0 Å². The summed E-state index contributed by atoms with van der Waals surface area (Å²) < 4.78 is 5.60. The molecule has 1 heterocycles. The Balaban J connectivity index is 1.89. The Morgan fingerprint density at radius 2 is 1.94 bits per heavy atom. The molecular weight excluding hydrogens is 222 g/mol. The Bertz CT molecular complexity index is 405. The summed E-state index contributed by atoms with van der Waals surface area (Å²) in [6, 6.07) is 8.91. The molecule has 1 aromatic rings. The number of benzene rings is 1. The standard InChI is InChI=1S/C16H23NO/c1-17-15-9-5-8-14(10-15)16(11-18-12-16)13-6-3-2-4-7-13/h5,8-10,13,17H,2-4,6-7,11-12H2,1H3. The Hall–Kier alpha value is -1.02. The molecule has 1 saturated carbocycles. The highest BCUT2D eigenvalue weighted by molar-refractivity contribution is 5.48. The molecule has 0 bridgehead atoms. The zero-order chi connectivity index (χ0) is 12.4. The van der Waals surface area contributed by atoms with E-state index >= 15 is 0 Å². The van der Waals surface area contributed by atoms with Gasteiger partial charge in [0.1, 0.15) is 0 Å². The molecule has 1 aromatic carbocycles. The fraction of sp³-hybridized carbons (Fsp3) is 0.625. The second kappa shape index (κ2) is 4.93. The summed E-state index contributed by atoms with van der Waals surface area (Å²) in [6.07, 6.45) is 6.99. The van der Waals surface area contributed by atoms with E-state index < -0.39 is 0 Å². The number of hydrogen-bond acceptors (Lipinski definition) is 2. The van der Waals surface area contributed by atoms with Gasteiger partial charge in [0.25, 0.3) is 0 Å². The van der Waals surface area contributed by atoms with Gasteiger partial charge < -0.3 is 10.1 Å². The van der Waals surface area contributed by atoms with Crippen molar-refractivity contribution in [2.75, 3.05) is 25.6 Å². The molecule has 1 aliphatic carbocycles. The van der Waals surface area contributed by atoms with Crippen LogP contribution in [0.3, 0.4) is 0 Å². The maximum Gasteiger partial charge on any atom is 0.0588 e. The lowest BCUT2D eigenvalue weighted by atomic mass is 9.64. The van der Waals surface area contributed by atoms with Crippen LogP contribution >= 0.6 is 0 Å². The van der Waals surface area contributed by atoms with Gasteiger partial charge >= 0.3 is 0 Å². The third kappa shape index (κ3) is 1.93. The molecule has 3 rings (SSSR count). The highest BCUT2D eigenvalue weighted by Crippen LogP contribution is 2.46. The van der Waals surface area contributed by atoms with Crippen LogP contribution in [0.15, 0.2) is 24.3 Å². The average molecular weight is 245 g/mol. The summed E-state index contributed by atoms with van der Waals surface area (Å²) in [4.78, 5) is 0. The second-order valence-electron chi connectivity index (χ2n) is 5.81. The Labute approximate surface area is 110 Å². The highest BCUT2D eigenvalue weighted by atomic mass is 16.5. The van der Waals surface area contributed by atoms with E-state index in [-0.39, 0.29) is 0 Å². The van der Waals surface area contributed by atoms with E-state index in [0.717, 1.165) is 19.1 Å². The second-order valence-corrected chi connectivity index (χ2v) is 5.81. The SMILES string of the molecule is CNc1cccc(C2(C3CCCCC3)COC2)c1. The molecular formula is C16H23NO. The van der Waals surface area contributed by atoms with E-state index in [4.69, 9.17) is 4.74 Å². The monoisotopic (exact) mass is 245 g/mol. The number of ether oxygens (including phenoxy) is 1. The normalized spacial score (nSPS) is 23.4. The van der Waals surface area contributed by atoms with Crippen molar-refractivity contribution in [2.45, 2.75) is 37.5 Å². The third-order valence-electron chi connectivity index (χ3n) is 4.83. The molecule has 0 aromatic heterocycles. The van der Waals surface area contributed by atoms with Crippen LogP contribution in [0.25, 0.3) is 0 Å². The van der Waals surface area contributed by atoms with E-state index in [0.29, 0.717) is 5.41 Å². The lowest BCUT2D eigenvalue weighted by molar-refractivity contribution is -0.0977. The van der Waals surface area contributed by atoms with E-state index in [9.17, 15) is 0 Å². The van der Waals surface area contributed by atoms with Gasteiger partial charge in [-0.2, -0.15) is 0 Å². The summed E-state index contributed by atoms with van der Waals surface area (Å²) in [5.74, 6) is 0.826. The van der Waals surface area contributed by atoms with Crippen LogP contribution in [-0.2, 0) is 10.2 Å². The first-order valence-corrected chi connectivity index (χ1v) is 7.21. The molecule has 2 nitrogen and oxygen atoms in total. The molecule has 0 spiro atoms. The minimum Gasteiger partial charge on any atom is -0.388 e. The first-order chi connectivity index (χ1) is 8.85. The maximum atomic E-state index is 5.60.